The van der Waals surface area contributed by atoms with Crippen molar-refractivity contribution in [1.82, 2.24) is 4.90 Å². The van der Waals surface area contributed by atoms with Crippen molar-refractivity contribution in [3.63, 3.8) is 0 Å². The Balaban J connectivity index is 0.00000220. The number of nitrogens with zero attached hydrogens (tertiary/aromatic N) is 1. The summed E-state index contributed by atoms with van der Waals surface area (Å²) in [6, 6.07) is 0. The van der Waals surface area contributed by atoms with E-state index >= 15 is 0 Å². The quantitative estimate of drug-likeness (QED) is 0.869. The highest BCUT2D eigenvalue weighted by Gasteiger charge is 2.41. The lowest BCUT2D eigenvalue weighted by atomic mass is 9.78. The molecule has 1 atom stereocenters. The van der Waals surface area contributed by atoms with Crippen LogP contribution in [0.25, 0.3) is 0 Å². The van der Waals surface area contributed by atoms with E-state index in [0.717, 1.165) is 50.6 Å². The zero-order chi connectivity index (χ0) is 14.6. The highest BCUT2D eigenvalue weighted by atomic mass is 35.5. The minimum atomic E-state index is -0.351. The van der Waals surface area contributed by atoms with Gasteiger partial charge in [0.05, 0.1) is 5.41 Å². The third-order valence-corrected chi connectivity index (χ3v) is 5.30. The predicted octanol–water partition coefficient (Wildman–Crippen LogP) is 2.45. The molecule has 2 fully saturated rings. The molecule has 2 rings (SSSR count). The van der Waals surface area contributed by atoms with Crippen molar-refractivity contribution in [1.29, 1.82) is 0 Å². The highest BCUT2D eigenvalue weighted by molar-refractivity contribution is 5.85. The molecule has 2 aliphatic heterocycles. The molecule has 0 radical (unpaired) electrons. The summed E-state index contributed by atoms with van der Waals surface area (Å²) in [5.41, 5.74) is 5.61. The van der Waals surface area contributed by atoms with Gasteiger partial charge in [-0.3, -0.25) is 4.79 Å². The van der Waals surface area contributed by atoms with Crippen LogP contribution in [0.4, 0.5) is 0 Å². The minimum Gasteiger partial charge on any atom is -0.381 e. The first-order chi connectivity index (χ1) is 9.59. The van der Waals surface area contributed by atoms with Crippen LogP contribution >= 0.6 is 12.4 Å². The summed E-state index contributed by atoms with van der Waals surface area (Å²) in [6.45, 7) is 8.20. The van der Waals surface area contributed by atoms with E-state index in [1.165, 1.54) is 6.42 Å². The van der Waals surface area contributed by atoms with E-state index in [4.69, 9.17) is 10.5 Å². The Labute approximate surface area is 135 Å². The summed E-state index contributed by atoms with van der Waals surface area (Å²) in [7, 11) is 0. The van der Waals surface area contributed by atoms with Gasteiger partial charge in [-0.1, -0.05) is 13.8 Å². The van der Waals surface area contributed by atoms with Crippen molar-refractivity contribution in [3.05, 3.63) is 0 Å². The number of hydrogen-bond donors (Lipinski definition) is 1. The van der Waals surface area contributed by atoms with Gasteiger partial charge in [-0.25, -0.2) is 0 Å². The van der Waals surface area contributed by atoms with Crippen LogP contribution in [0.1, 0.15) is 46.0 Å². The van der Waals surface area contributed by atoms with Gasteiger partial charge in [0.1, 0.15) is 0 Å². The summed E-state index contributed by atoms with van der Waals surface area (Å²) >= 11 is 0. The van der Waals surface area contributed by atoms with E-state index in [9.17, 15) is 4.79 Å². The topological polar surface area (TPSA) is 55.6 Å². The number of halogens is 1. The van der Waals surface area contributed by atoms with Crippen molar-refractivity contribution < 1.29 is 9.53 Å². The first-order valence-electron chi connectivity index (χ1n) is 8.16. The van der Waals surface area contributed by atoms with Crippen molar-refractivity contribution in [3.8, 4) is 0 Å². The molecule has 2 N–H and O–H groups in total. The van der Waals surface area contributed by atoms with Crippen molar-refractivity contribution in [2.24, 2.45) is 23.0 Å². The lowest BCUT2D eigenvalue weighted by Crippen LogP contribution is -2.51. The molecule has 0 bridgehead atoms. The summed E-state index contributed by atoms with van der Waals surface area (Å²) in [4.78, 5) is 15.0. The molecular weight excluding hydrogens is 288 g/mol. The Morgan fingerprint density at radius 2 is 1.95 bits per heavy atom. The zero-order valence-electron chi connectivity index (χ0n) is 13.5. The van der Waals surface area contributed by atoms with E-state index < -0.39 is 0 Å². The first-order valence-corrected chi connectivity index (χ1v) is 8.16. The number of hydrogen-bond acceptors (Lipinski definition) is 3. The van der Waals surface area contributed by atoms with Crippen molar-refractivity contribution in [2.45, 2.75) is 46.0 Å². The molecule has 0 aromatic carbocycles. The molecule has 0 saturated carbocycles. The van der Waals surface area contributed by atoms with E-state index in [1.807, 2.05) is 0 Å². The summed E-state index contributed by atoms with van der Waals surface area (Å²) in [5.74, 6) is 1.76. The smallest absolute Gasteiger partial charge is 0.230 e. The maximum Gasteiger partial charge on any atom is 0.230 e. The summed E-state index contributed by atoms with van der Waals surface area (Å²) in [5, 5.41) is 0. The molecule has 1 unspecified atom stereocenters. The molecular formula is C16H31ClN2O2. The fourth-order valence-corrected chi connectivity index (χ4v) is 3.59. The first kappa shape index (κ1) is 18.7. The molecule has 21 heavy (non-hydrogen) atoms. The van der Waals surface area contributed by atoms with Crippen LogP contribution in [0.15, 0.2) is 0 Å². The number of rotatable bonds is 3. The van der Waals surface area contributed by atoms with Gasteiger partial charge in [0.25, 0.3) is 0 Å². The van der Waals surface area contributed by atoms with Crippen LogP contribution in [0.3, 0.4) is 0 Å². The van der Waals surface area contributed by atoms with Gasteiger partial charge in [0.2, 0.25) is 5.91 Å². The molecule has 0 aromatic rings. The molecule has 2 saturated heterocycles. The summed E-state index contributed by atoms with van der Waals surface area (Å²) < 4.78 is 5.41. The SMILES string of the molecule is CC(C)C1CCCN(C(=O)C2(CN)CCOCC2)CC1.Cl. The fourth-order valence-electron chi connectivity index (χ4n) is 3.59. The Morgan fingerprint density at radius 3 is 2.52 bits per heavy atom. The van der Waals surface area contributed by atoms with Gasteiger partial charge >= 0.3 is 0 Å². The lowest BCUT2D eigenvalue weighted by Gasteiger charge is -2.38. The van der Waals surface area contributed by atoms with Gasteiger partial charge in [0.15, 0.2) is 0 Å². The molecule has 1 amide bonds. The molecule has 124 valence electrons. The Morgan fingerprint density at radius 1 is 1.29 bits per heavy atom. The van der Waals surface area contributed by atoms with E-state index in [1.54, 1.807) is 0 Å². The molecule has 0 aliphatic carbocycles. The largest absolute Gasteiger partial charge is 0.381 e. The van der Waals surface area contributed by atoms with E-state index in [0.29, 0.717) is 19.8 Å². The van der Waals surface area contributed by atoms with Gasteiger partial charge < -0.3 is 15.4 Å². The summed E-state index contributed by atoms with van der Waals surface area (Å²) in [6.07, 6.45) is 5.09. The van der Waals surface area contributed by atoms with Crippen LogP contribution in [-0.4, -0.2) is 43.7 Å². The third-order valence-electron chi connectivity index (χ3n) is 5.30. The Hall–Kier alpha value is -0.320. The van der Waals surface area contributed by atoms with Crippen LogP contribution in [0, 0.1) is 17.3 Å². The number of amides is 1. The number of carbonyl (C=O) groups is 1. The van der Waals surface area contributed by atoms with E-state index in [2.05, 4.69) is 18.7 Å². The average Bonchev–Trinajstić information content (AvgIpc) is 2.73. The number of nitrogens with two attached hydrogens (primary N) is 1. The molecule has 2 heterocycles. The van der Waals surface area contributed by atoms with Gasteiger partial charge in [-0.15, -0.1) is 12.4 Å². The number of ether oxygens (including phenoxy) is 1. The Kier molecular flexibility index (Phi) is 7.45. The fraction of sp³-hybridized carbons (Fsp3) is 0.938. The van der Waals surface area contributed by atoms with Gasteiger partial charge in [-0.05, 0) is 43.9 Å². The standard InChI is InChI=1S/C16H30N2O2.ClH/c1-13(2)14-4-3-8-18(9-5-14)15(19)16(12-17)6-10-20-11-7-16;/h13-14H,3-12,17H2,1-2H3;1H. The van der Waals surface area contributed by atoms with Crippen LogP contribution in [0.5, 0.6) is 0 Å². The van der Waals surface area contributed by atoms with Crippen LogP contribution in [-0.2, 0) is 9.53 Å². The molecule has 4 nitrogen and oxygen atoms in total. The molecule has 5 heteroatoms. The van der Waals surface area contributed by atoms with Gasteiger partial charge in [0, 0.05) is 32.8 Å². The molecule has 0 spiro atoms. The number of likely N-dealkylation sites (tertiary alicyclic amines) is 1. The minimum absolute atomic E-state index is 0. The van der Waals surface area contributed by atoms with Crippen molar-refractivity contribution in [2.75, 3.05) is 32.8 Å². The highest BCUT2D eigenvalue weighted by Crippen LogP contribution is 2.33. The second-order valence-corrected chi connectivity index (χ2v) is 6.82. The van der Waals surface area contributed by atoms with Crippen LogP contribution < -0.4 is 5.73 Å². The zero-order valence-corrected chi connectivity index (χ0v) is 14.3. The van der Waals surface area contributed by atoms with Gasteiger partial charge in [-0.2, -0.15) is 0 Å². The average molecular weight is 319 g/mol. The lowest BCUT2D eigenvalue weighted by molar-refractivity contribution is -0.147. The third kappa shape index (κ3) is 4.33. The molecule has 0 aromatic heterocycles. The predicted molar refractivity (Wildman–Crippen MR) is 87.5 cm³/mol. The van der Waals surface area contributed by atoms with Crippen molar-refractivity contribution >= 4 is 18.3 Å². The normalized spacial score (nSPS) is 26.1. The molecule has 2 aliphatic rings. The van der Waals surface area contributed by atoms with E-state index in [-0.39, 0.29) is 23.7 Å². The second-order valence-electron chi connectivity index (χ2n) is 6.82. The second kappa shape index (κ2) is 8.35. The maximum absolute atomic E-state index is 12.9. The Bertz CT molecular complexity index is 330. The monoisotopic (exact) mass is 318 g/mol. The maximum atomic E-state index is 12.9. The van der Waals surface area contributed by atoms with Crippen LogP contribution in [0.2, 0.25) is 0 Å². The number of carbonyl (C=O) groups excluding carboxylic acids is 1.